The van der Waals surface area contributed by atoms with E-state index in [-0.39, 0.29) is 22.8 Å². The summed E-state index contributed by atoms with van der Waals surface area (Å²) < 4.78 is 15.8. The molecule has 0 spiro atoms. The second-order valence-electron chi connectivity index (χ2n) is 8.57. The van der Waals surface area contributed by atoms with E-state index in [0.717, 1.165) is 5.56 Å². The Morgan fingerprint density at radius 3 is 2.45 bits per heavy atom. The summed E-state index contributed by atoms with van der Waals surface area (Å²) in [5, 5.41) is 3.18. The van der Waals surface area contributed by atoms with Crippen LogP contribution in [0.3, 0.4) is 0 Å². The van der Waals surface area contributed by atoms with Gasteiger partial charge in [0.15, 0.2) is 11.5 Å². The fraction of sp³-hybridized carbons (Fsp3) is 0.333. The van der Waals surface area contributed by atoms with Crippen molar-refractivity contribution in [1.29, 1.82) is 0 Å². The van der Waals surface area contributed by atoms with E-state index >= 15 is 0 Å². The average molecular weight is 540 g/mol. The maximum absolute atomic E-state index is 13.1. The van der Waals surface area contributed by atoms with Crippen LogP contribution in [-0.4, -0.2) is 80.7 Å². The number of nitrogens with zero attached hydrogens (tertiary/aromatic N) is 4. The number of aromatic nitrogens is 2. The van der Waals surface area contributed by atoms with Crippen molar-refractivity contribution in [2.24, 2.45) is 0 Å². The molecule has 1 aliphatic rings. The van der Waals surface area contributed by atoms with Crippen LogP contribution < -0.4 is 24.4 Å². The van der Waals surface area contributed by atoms with Crippen molar-refractivity contribution in [3.63, 3.8) is 0 Å². The molecule has 0 atom stereocenters. The molecule has 1 N–H and O–H groups in total. The van der Waals surface area contributed by atoms with Crippen molar-refractivity contribution >= 4 is 29.2 Å². The monoisotopic (exact) mass is 539 g/mol. The van der Waals surface area contributed by atoms with Crippen LogP contribution in [0.4, 0.5) is 5.82 Å². The zero-order valence-electron chi connectivity index (χ0n) is 21.6. The van der Waals surface area contributed by atoms with Gasteiger partial charge in [0.25, 0.3) is 11.8 Å². The first kappa shape index (κ1) is 27.0. The summed E-state index contributed by atoms with van der Waals surface area (Å²) in [6.45, 7) is 2.45. The normalized spacial score (nSPS) is 13.2. The Morgan fingerprint density at radius 1 is 0.974 bits per heavy atom. The van der Waals surface area contributed by atoms with Crippen LogP contribution in [0, 0.1) is 0 Å². The first-order valence-electron chi connectivity index (χ1n) is 12.1. The standard InChI is InChI=1S/C27H30ClN5O5/c1-36-21-7-6-18(15-22(21)37-2)8-10-30-26(34)20-5-4-9-29-25(20)32-11-13-33(14-12-32)27(35)19-16-23(28)31-24(17-19)38-3/h4-7,9,15-17H,8,10-14H2,1-3H3,(H,30,34). The fourth-order valence-corrected chi connectivity index (χ4v) is 4.48. The lowest BCUT2D eigenvalue weighted by atomic mass is 10.1. The van der Waals surface area contributed by atoms with Crippen molar-refractivity contribution in [1.82, 2.24) is 20.2 Å². The number of rotatable bonds is 9. The third-order valence-corrected chi connectivity index (χ3v) is 6.47. The molecule has 3 heterocycles. The Balaban J connectivity index is 1.36. The quantitative estimate of drug-likeness (QED) is 0.414. The van der Waals surface area contributed by atoms with E-state index in [9.17, 15) is 9.59 Å². The van der Waals surface area contributed by atoms with Crippen molar-refractivity contribution in [2.75, 3.05) is 59.0 Å². The van der Waals surface area contributed by atoms with E-state index in [0.29, 0.717) is 67.6 Å². The van der Waals surface area contributed by atoms with Crippen LogP contribution in [-0.2, 0) is 6.42 Å². The number of amides is 2. The Kier molecular flexibility index (Phi) is 8.85. The van der Waals surface area contributed by atoms with E-state index in [1.54, 1.807) is 43.5 Å². The minimum absolute atomic E-state index is 0.151. The SMILES string of the molecule is COc1cc(C(=O)N2CCN(c3ncccc3C(=O)NCCc3ccc(OC)c(OC)c3)CC2)cc(Cl)n1. The third kappa shape index (κ3) is 6.25. The van der Waals surface area contributed by atoms with Crippen LogP contribution in [0.15, 0.2) is 48.7 Å². The van der Waals surface area contributed by atoms with Gasteiger partial charge in [0.2, 0.25) is 5.88 Å². The van der Waals surface area contributed by atoms with Crippen molar-refractivity contribution in [2.45, 2.75) is 6.42 Å². The Hall–Kier alpha value is -4.05. The lowest BCUT2D eigenvalue weighted by Gasteiger charge is -2.36. The number of methoxy groups -OCH3 is 3. The number of carbonyl (C=O) groups is 2. The molecule has 200 valence electrons. The molecule has 4 rings (SSSR count). The number of hydrogen-bond acceptors (Lipinski definition) is 8. The van der Waals surface area contributed by atoms with Crippen molar-refractivity contribution in [3.05, 3.63) is 70.5 Å². The van der Waals surface area contributed by atoms with E-state index in [1.165, 1.54) is 13.2 Å². The lowest BCUT2D eigenvalue weighted by molar-refractivity contribution is 0.0745. The maximum Gasteiger partial charge on any atom is 0.255 e. The predicted molar refractivity (Wildman–Crippen MR) is 144 cm³/mol. The van der Waals surface area contributed by atoms with Crippen LogP contribution in [0.25, 0.3) is 0 Å². The highest BCUT2D eigenvalue weighted by Gasteiger charge is 2.26. The van der Waals surface area contributed by atoms with Gasteiger partial charge in [-0.15, -0.1) is 0 Å². The number of hydrogen-bond donors (Lipinski definition) is 1. The highest BCUT2D eigenvalue weighted by molar-refractivity contribution is 6.29. The van der Waals surface area contributed by atoms with Gasteiger partial charge < -0.3 is 29.3 Å². The van der Waals surface area contributed by atoms with Crippen LogP contribution in [0.1, 0.15) is 26.3 Å². The van der Waals surface area contributed by atoms with E-state index in [4.69, 9.17) is 25.8 Å². The number of nitrogens with one attached hydrogen (secondary N) is 1. The summed E-state index contributed by atoms with van der Waals surface area (Å²) in [4.78, 5) is 38.3. The second kappa shape index (κ2) is 12.5. The third-order valence-electron chi connectivity index (χ3n) is 6.27. The van der Waals surface area contributed by atoms with Gasteiger partial charge in [-0.2, -0.15) is 0 Å². The molecule has 1 aromatic carbocycles. The summed E-state index contributed by atoms with van der Waals surface area (Å²) in [5.74, 6) is 1.83. The molecule has 3 aromatic rings. The summed E-state index contributed by atoms with van der Waals surface area (Å²) in [7, 11) is 4.66. The number of carbonyl (C=O) groups excluding carboxylic acids is 2. The van der Waals surface area contributed by atoms with Gasteiger partial charge >= 0.3 is 0 Å². The molecule has 1 fully saturated rings. The van der Waals surface area contributed by atoms with Crippen LogP contribution in [0.5, 0.6) is 17.4 Å². The molecule has 0 radical (unpaired) electrons. The molecular formula is C27H30ClN5O5. The smallest absolute Gasteiger partial charge is 0.255 e. The molecule has 1 aliphatic heterocycles. The van der Waals surface area contributed by atoms with Crippen LogP contribution >= 0.6 is 11.6 Å². The number of anilines is 1. The zero-order chi connectivity index (χ0) is 27.1. The molecule has 11 heteroatoms. The van der Waals surface area contributed by atoms with Gasteiger partial charge in [-0.05, 0) is 42.3 Å². The number of piperazine rings is 1. The van der Waals surface area contributed by atoms with Crippen LogP contribution in [0.2, 0.25) is 5.15 Å². The molecule has 2 amide bonds. The average Bonchev–Trinajstić information content (AvgIpc) is 2.96. The Labute approximate surface area is 226 Å². The zero-order valence-corrected chi connectivity index (χ0v) is 22.3. The highest BCUT2D eigenvalue weighted by atomic mass is 35.5. The molecule has 0 bridgehead atoms. The summed E-state index contributed by atoms with van der Waals surface area (Å²) in [6, 6.07) is 12.3. The molecule has 2 aromatic heterocycles. The maximum atomic E-state index is 13.1. The van der Waals surface area contributed by atoms with E-state index in [2.05, 4.69) is 15.3 Å². The first-order chi connectivity index (χ1) is 18.4. The molecule has 38 heavy (non-hydrogen) atoms. The van der Waals surface area contributed by atoms with Gasteiger partial charge in [0.05, 0.1) is 26.9 Å². The molecule has 0 saturated carbocycles. The fourth-order valence-electron chi connectivity index (χ4n) is 4.28. The number of pyridine rings is 2. The summed E-state index contributed by atoms with van der Waals surface area (Å²) >= 11 is 6.03. The van der Waals surface area contributed by atoms with Crippen molar-refractivity contribution < 1.29 is 23.8 Å². The molecule has 0 unspecified atom stereocenters. The summed E-state index contributed by atoms with van der Waals surface area (Å²) in [6.07, 6.45) is 2.30. The van der Waals surface area contributed by atoms with Gasteiger partial charge in [-0.3, -0.25) is 9.59 Å². The Bertz CT molecular complexity index is 1300. The minimum atomic E-state index is -0.203. The lowest BCUT2D eigenvalue weighted by Crippen LogP contribution is -2.49. The van der Waals surface area contributed by atoms with Gasteiger partial charge in [0.1, 0.15) is 11.0 Å². The van der Waals surface area contributed by atoms with E-state index in [1.807, 2.05) is 23.1 Å². The number of benzene rings is 1. The topological polar surface area (TPSA) is 106 Å². The van der Waals surface area contributed by atoms with Gasteiger partial charge in [0, 0.05) is 50.6 Å². The first-order valence-corrected chi connectivity index (χ1v) is 12.5. The predicted octanol–water partition coefficient (Wildman–Crippen LogP) is 3.09. The number of ether oxygens (including phenoxy) is 3. The molecule has 0 aliphatic carbocycles. The van der Waals surface area contributed by atoms with Crippen molar-refractivity contribution in [3.8, 4) is 17.4 Å². The number of halogens is 1. The molecule has 1 saturated heterocycles. The molecular weight excluding hydrogens is 510 g/mol. The van der Waals surface area contributed by atoms with Gasteiger partial charge in [-0.25, -0.2) is 9.97 Å². The van der Waals surface area contributed by atoms with E-state index < -0.39 is 0 Å². The van der Waals surface area contributed by atoms with Gasteiger partial charge in [-0.1, -0.05) is 17.7 Å². The molecule has 10 nitrogen and oxygen atoms in total. The largest absolute Gasteiger partial charge is 0.493 e. The minimum Gasteiger partial charge on any atom is -0.493 e. The second-order valence-corrected chi connectivity index (χ2v) is 8.96. The Morgan fingerprint density at radius 2 is 1.74 bits per heavy atom. The highest BCUT2D eigenvalue weighted by Crippen LogP contribution is 2.27. The summed E-state index contributed by atoms with van der Waals surface area (Å²) in [5.41, 5.74) is 1.93.